The van der Waals surface area contributed by atoms with Crippen molar-refractivity contribution >= 4 is 32.7 Å². The van der Waals surface area contributed by atoms with Gasteiger partial charge in [-0.3, -0.25) is 0 Å². The fraction of sp³-hybridized carbons (Fsp3) is 0.100. The summed E-state index contributed by atoms with van der Waals surface area (Å²) in [6.45, 7) is 7.79. The number of nitriles is 3. The summed E-state index contributed by atoms with van der Waals surface area (Å²) in [5.41, 5.74) is 11.1. The number of para-hydroxylation sites is 1. The molecule has 0 fully saturated rings. The van der Waals surface area contributed by atoms with Gasteiger partial charge in [0.1, 0.15) is 41.2 Å². The van der Waals surface area contributed by atoms with Crippen LogP contribution in [0.15, 0.2) is 133 Å². The standard InChI is InChI=1S/C17H14N2O2.C17H14N2O.C16H12N2O/c1-11-16(10-18)15-8-5-13(20)9-17(15)19(11)12-3-6-14(21-2)7-4-12;1-11-3-5-13(6-4-11)19-12(2)16(10-18)15-8-7-14(20)9-17(15)19;1-11-15(10-17)14-8-7-13(19)9-16(14)18(11)12-5-3-2-4-6-12/h3-9,20H,1-2H3;3-9,20H,1-2H3;2-9,19H,1H3. The first-order valence-corrected chi connectivity index (χ1v) is 19.0. The Morgan fingerprint density at radius 1 is 0.433 bits per heavy atom. The van der Waals surface area contributed by atoms with Crippen LogP contribution >= 0.6 is 0 Å². The minimum Gasteiger partial charge on any atom is -0.508 e. The highest BCUT2D eigenvalue weighted by Gasteiger charge is 2.18. The van der Waals surface area contributed by atoms with E-state index in [2.05, 4.69) is 18.2 Å². The van der Waals surface area contributed by atoms with Gasteiger partial charge in [0.2, 0.25) is 0 Å². The van der Waals surface area contributed by atoms with Crippen LogP contribution in [0.1, 0.15) is 39.3 Å². The second kappa shape index (κ2) is 16.6. The number of methoxy groups -OCH3 is 1. The molecule has 0 saturated heterocycles. The number of phenolic OH excluding ortho intramolecular Hbond substituents is 3. The van der Waals surface area contributed by atoms with Crippen molar-refractivity contribution in [3.63, 3.8) is 0 Å². The van der Waals surface area contributed by atoms with E-state index in [-0.39, 0.29) is 17.2 Å². The first-order chi connectivity index (χ1) is 29.0. The topological polar surface area (TPSA) is 156 Å². The predicted molar refractivity (Wildman–Crippen MR) is 234 cm³/mol. The van der Waals surface area contributed by atoms with Crippen LogP contribution in [0.4, 0.5) is 0 Å². The average molecular weight is 789 g/mol. The minimum absolute atomic E-state index is 0.180. The Morgan fingerprint density at radius 3 is 1.10 bits per heavy atom. The number of benzene rings is 6. The maximum absolute atomic E-state index is 9.74. The van der Waals surface area contributed by atoms with E-state index < -0.39 is 0 Å². The zero-order valence-electron chi connectivity index (χ0n) is 33.6. The molecule has 0 amide bonds. The van der Waals surface area contributed by atoms with Crippen molar-refractivity contribution in [1.29, 1.82) is 15.8 Å². The van der Waals surface area contributed by atoms with E-state index in [0.717, 1.165) is 72.6 Å². The Hall–Kier alpha value is -8.39. The third-order valence-electron chi connectivity index (χ3n) is 10.5. The molecular weight excluding hydrogens is 749 g/mol. The van der Waals surface area contributed by atoms with Crippen LogP contribution in [0.3, 0.4) is 0 Å². The van der Waals surface area contributed by atoms with Crippen molar-refractivity contribution in [1.82, 2.24) is 13.7 Å². The molecular formula is C50H40N6O4. The number of aromatic nitrogens is 3. The van der Waals surface area contributed by atoms with Gasteiger partial charge in [-0.2, -0.15) is 15.8 Å². The number of hydrogen-bond acceptors (Lipinski definition) is 7. The maximum atomic E-state index is 9.74. The van der Waals surface area contributed by atoms with E-state index in [1.807, 2.05) is 120 Å². The SMILES string of the molecule is COc1ccc(-n2c(C)c(C#N)c3ccc(O)cc32)cc1.Cc1c(C#N)c2ccc(O)cc2n1-c1ccccc1.Cc1ccc(-n2c(C)c(C#N)c3ccc(O)cc32)cc1. The number of phenols is 3. The van der Waals surface area contributed by atoms with Gasteiger partial charge < -0.3 is 33.8 Å². The van der Waals surface area contributed by atoms with Gasteiger partial charge in [-0.05, 0) is 113 Å². The van der Waals surface area contributed by atoms with Gasteiger partial charge in [0.25, 0.3) is 0 Å². The van der Waals surface area contributed by atoms with E-state index in [9.17, 15) is 31.1 Å². The third-order valence-corrected chi connectivity index (χ3v) is 10.5. The lowest BCUT2D eigenvalue weighted by Gasteiger charge is -2.09. The summed E-state index contributed by atoms with van der Waals surface area (Å²) in [5.74, 6) is 1.36. The average Bonchev–Trinajstić information content (AvgIpc) is 3.82. The fourth-order valence-corrected chi connectivity index (χ4v) is 7.64. The normalized spacial score (nSPS) is 10.6. The van der Waals surface area contributed by atoms with Crippen molar-refractivity contribution in [2.75, 3.05) is 7.11 Å². The lowest BCUT2D eigenvalue weighted by Crippen LogP contribution is -1.97. The molecule has 60 heavy (non-hydrogen) atoms. The molecule has 10 heteroatoms. The van der Waals surface area contributed by atoms with E-state index in [1.165, 1.54) is 5.56 Å². The lowest BCUT2D eigenvalue weighted by molar-refractivity contribution is 0.414. The van der Waals surface area contributed by atoms with E-state index >= 15 is 0 Å². The Bertz CT molecular complexity index is 3170. The van der Waals surface area contributed by atoms with Gasteiger partial charge in [-0.15, -0.1) is 0 Å². The Balaban J connectivity index is 0.000000136. The van der Waals surface area contributed by atoms with Crippen molar-refractivity contribution < 1.29 is 20.1 Å². The maximum Gasteiger partial charge on any atom is 0.119 e. The number of nitrogens with zero attached hydrogens (tertiary/aromatic N) is 6. The largest absolute Gasteiger partial charge is 0.508 e. The highest BCUT2D eigenvalue weighted by atomic mass is 16.5. The summed E-state index contributed by atoms with van der Waals surface area (Å²) in [4.78, 5) is 0. The molecule has 0 atom stereocenters. The van der Waals surface area contributed by atoms with Crippen LogP contribution in [0, 0.1) is 61.7 Å². The van der Waals surface area contributed by atoms with Gasteiger partial charge in [-0.1, -0.05) is 35.9 Å². The molecule has 0 aliphatic carbocycles. The summed E-state index contributed by atoms with van der Waals surface area (Å²) in [6, 6.07) is 47.5. The van der Waals surface area contributed by atoms with Crippen LogP contribution in [0.2, 0.25) is 0 Å². The summed E-state index contributed by atoms with van der Waals surface area (Å²) in [6.07, 6.45) is 0. The van der Waals surface area contributed by atoms with E-state index in [1.54, 1.807) is 61.7 Å². The number of ether oxygens (including phenoxy) is 1. The molecule has 0 bridgehead atoms. The van der Waals surface area contributed by atoms with Crippen molar-refractivity contribution in [3.8, 4) is 58.3 Å². The summed E-state index contributed by atoms with van der Waals surface area (Å²) in [5, 5.41) is 59.8. The fourth-order valence-electron chi connectivity index (χ4n) is 7.64. The number of aromatic hydroxyl groups is 3. The molecule has 0 aliphatic rings. The quantitative estimate of drug-likeness (QED) is 0.160. The summed E-state index contributed by atoms with van der Waals surface area (Å²) >= 11 is 0. The molecule has 0 unspecified atom stereocenters. The second-order valence-corrected chi connectivity index (χ2v) is 14.2. The zero-order chi connectivity index (χ0) is 42.7. The van der Waals surface area contributed by atoms with Crippen molar-refractivity contribution in [2.24, 2.45) is 0 Å². The summed E-state index contributed by atoms with van der Waals surface area (Å²) in [7, 11) is 1.62. The minimum atomic E-state index is 0.180. The summed E-state index contributed by atoms with van der Waals surface area (Å²) < 4.78 is 11.1. The van der Waals surface area contributed by atoms with Crippen LogP contribution in [-0.4, -0.2) is 36.1 Å². The highest BCUT2D eigenvalue weighted by Crippen LogP contribution is 2.34. The number of aryl methyl sites for hydroxylation is 1. The first kappa shape index (κ1) is 39.8. The predicted octanol–water partition coefficient (Wildman–Crippen LogP) is 10.9. The number of fused-ring (bicyclic) bond motifs is 3. The molecule has 0 radical (unpaired) electrons. The molecule has 6 aromatic carbocycles. The van der Waals surface area contributed by atoms with Gasteiger partial charge in [0.05, 0.1) is 40.4 Å². The molecule has 9 aromatic rings. The van der Waals surface area contributed by atoms with Crippen LogP contribution in [0.25, 0.3) is 49.8 Å². The smallest absolute Gasteiger partial charge is 0.119 e. The van der Waals surface area contributed by atoms with Crippen LogP contribution < -0.4 is 4.74 Å². The van der Waals surface area contributed by atoms with Gasteiger partial charge in [-0.25, -0.2) is 0 Å². The van der Waals surface area contributed by atoms with Gasteiger partial charge in [0.15, 0.2) is 0 Å². The van der Waals surface area contributed by atoms with E-state index in [4.69, 9.17) is 4.74 Å². The molecule has 10 nitrogen and oxygen atoms in total. The van der Waals surface area contributed by atoms with Crippen LogP contribution in [-0.2, 0) is 0 Å². The first-order valence-electron chi connectivity index (χ1n) is 19.0. The zero-order valence-corrected chi connectivity index (χ0v) is 33.6. The molecule has 3 aromatic heterocycles. The number of hydrogen-bond donors (Lipinski definition) is 3. The van der Waals surface area contributed by atoms with Gasteiger partial charge >= 0.3 is 0 Å². The van der Waals surface area contributed by atoms with Crippen LogP contribution in [0.5, 0.6) is 23.0 Å². The Kier molecular flexibility index (Phi) is 11.0. The lowest BCUT2D eigenvalue weighted by atomic mass is 10.1. The van der Waals surface area contributed by atoms with Gasteiger partial charge in [0, 0.05) is 68.5 Å². The molecule has 3 N–H and O–H groups in total. The third kappa shape index (κ3) is 7.31. The van der Waals surface area contributed by atoms with Crippen molar-refractivity contribution in [3.05, 3.63) is 173 Å². The monoisotopic (exact) mass is 788 g/mol. The molecule has 0 aliphatic heterocycles. The molecule has 294 valence electrons. The second-order valence-electron chi connectivity index (χ2n) is 14.2. The molecule has 9 rings (SSSR count). The Morgan fingerprint density at radius 2 is 0.767 bits per heavy atom. The number of rotatable bonds is 4. The van der Waals surface area contributed by atoms with E-state index in [0.29, 0.717) is 16.7 Å². The molecule has 3 heterocycles. The molecule has 0 saturated carbocycles. The highest BCUT2D eigenvalue weighted by molar-refractivity contribution is 5.92. The van der Waals surface area contributed by atoms with Crippen molar-refractivity contribution in [2.45, 2.75) is 27.7 Å². The Labute approximate surface area is 347 Å². The molecule has 0 spiro atoms.